The van der Waals surface area contributed by atoms with Crippen LogP contribution in [0.2, 0.25) is 0 Å². The van der Waals surface area contributed by atoms with E-state index in [0.717, 1.165) is 36.6 Å². The molecule has 0 saturated carbocycles. The Morgan fingerprint density at radius 3 is 2.28 bits per heavy atom. The van der Waals surface area contributed by atoms with Crippen molar-refractivity contribution in [2.45, 2.75) is 39.0 Å². The minimum atomic E-state index is -0.119. The lowest BCUT2D eigenvalue weighted by Gasteiger charge is -2.22. The van der Waals surface area contributed by atoms with Crippen molar-refractivity contribution in [3.8, 4) is 5.69 Å². The van der Waals surface area contributed by atoms with Gasteiger partial charge in [-0.05, 0) is 55.7 Å². The summed E-state index contributed by atoms with van der Waals surface area (Å²) in [5, 5.41) is 7.48. The van der Waals surface area contributed by atoms with Crippen LogP contribution in [-0.2, 0) is 6.42 Å². The van der Waals surface area contributed by atoms with Crippen LogP contribution in [0.5, 0.6) is 0 Å². The van der Waals surface area contributed by atoms with Crippen molar-refractivity contribution in [3.63, 3.8) is 0 Å². The number of anilines is 2. The van der Waals surface area contributed by atoms with Gasteiger partial charge in [-0.15, -0.1) is 0 Å². The highest BCUT2D eigenvalue weighted by Crippen LogP contribution is 2.23. The second-order valence-corrected chi connectivity index (χ2v) is 7.51. The van der Waals surface area contributed by atoms with E-state index in [1.807, 2.05) is 54.1 Å². The molecule has 29 heavy (non-hydrogen) atoms. The first kappa shape index (κ1) is 19.2. The van der Waals surface area contributed by atoms with Crippen LogP contribution >= 0.6 is 0 Å². The number of benzene rings is 2. The fraction of sp³-hybridized carbons (Fsp3) is 0.333. The van der Waals surface area contributed by atoms with Crippen molar-refractivity contribution in [1.82, 2.24) is 9.78 Å². The average molecular weight is 389 g/mol. The number of nitrogens with one attached hydrogen (secondary N) is 1. The van der Waals surface area contributed by atoms with Gasteiger partial charge in [0.15, 0.2) is 0 Å². The van der Waals surface area contributed by atoms with Crippen molar-refractivity contribution in [1.29, 1.82) is 0 Å². The summed E-state index contributed by atoms with van der Waals surface area (Å²) in [7, 11) is 0. The number of rotatable bonds is 5. The van der Waals surface area contributed by atoms with Gasteiger partial charge in [-0.25, -0.2) is 4.68 Å². The Bertz CT molecular complexity index is 939. The molecule has 0 aliphatic carbocycles. The highest BCUT2D eigenvalue weighted by molar-refractivity contribution is 6.05. The molecule has 1 aliphatic rings. The summed E-state index contributed by atoms with van der Waals surface area (Å²) in [6, 6.07) is 18.1. The Morgan fingerprint density at radius 1 is 0.931 bits per heavy atom. The molecule has 4 rings (SSSR count). The molecule has 1 saturated heterocycles. The molecule has 2 heterocycles. The van der Waals surface area contributed by atoms with Gasteiger partial charge in [0.1, 0.15) is 0 Å². The highest BCUT2D eigenvalue weighted by Gasteiger charge is 2.17. The molecular formula is C24H28N4O. The summed E-state index contributed by atoms with van der Waals surface area (Å²) in [4.78, 5) is 15.3. The molecule has 0 radical (unpaired) electrons. The molecule has 3 aromatic rings. The maximum absolute atomic E-state index is 12.9. The molecule has 0 unspecified atom stereocenters. The second kappa shape index (κ2) is 8.95. The Morgan fingerprint density at radius 2 is 1.62 bits per heavy atom. The predicted octanol–water partition coefficient (Wildman–Crippen LogP) is 5.07. The largest absolute Gasteiger partial charge is 0.372 e. The van der Waals surface area contributed by atoms with Crippen molar-refractivity contribution in [2.24, 2.45) is 0 Å². The Balaban J connectivity index is 1.49. The van der Waals surface area contributed by atoms with Crippen molar-refractivity contribution in [3.05, 3.63) is 72.1 Å². The molecule has 1 amide bonds. The molecular weight excluding hydrogens is 360 g/mol. The first-order valence-corrected chi connectivity index (χ1v) is 10.5. The van der Waals surface area contributed by atoms with Crippen LogP contribution in [0.3, 0.4) is 0 Å². The summed E-state index contributed by atoms with van der Waals surface area (Å²) in [6.07, 6.45) is 7.54. The summed E-state index contributed by atoms with van der Waals surface area (Å²) in [5.74, 6) is -0.119. The number of amides is 1. The number of para-hydroxylation sites is 1. The molecule has 0 atom stereocenters. The zero-order valence-corrected chi connectivity index (χ0v) is 17.0. The molecule has 0 spiro atoms. The maximum atomic E-state index is 12.9. The van der Waals surface area contributed by atoms with E-state index in [4.69, 9.17) is 0 Å². The Labute approximate surface area is 172 Å². The van der Waals surface area contributed by atoms with Crippen molar-refractivity contribution < 1.29 is 4.79 Å². The molecule has 0 bridgehead atoms. The number of carbonyl (C=O) groups excluding carboxylic acids is 1. The molecule has 1 N–H and O–H groups in total. The van der Waals surface area contributed by atoms with Crippen molar-refractivity contribution >= 4 is 17.3 Å². The van der Waals surface area contributed by atoms with Gasteiger partial charge < -0.3 is 10.2 Å². The quantitative estimate of drug-likeness (QED) is 0.664. The van der Waals surface area contributed by atoms with E-state index in [0.29, 0.717) is 5.56 Å². The zero-order valence-electron chi connectivity index (χ0n) is 17.0. The number of hydrogen-bond acceptors (Lipinski definition) is 3. The van der Waals surface area contributed by atoms with Gasteiger partial charge in [0, 0.05) is 24.5 Å². The van der Waals surface area contributed by atoms with Gasteiger partial charge in [0.2, 0.25) is 0 Å². The summed E-state index contributed by atoms with van der Waals surface area (Å²) in [5.41, 5.74) is 4.53. The lowest BCUT2D eigenvalue weighted by molar-refractivity contribution is 0.102. The van der Waals surface area contributed by atoms with Gasteiger partial charge in [-0.3, -0.25) is 4.79 Å². The average Bonchev–Trinajstić information content (AvgIpc) is 3.01. The smallest absolute Gasteiger partial charge is 0.259 e. The van der Waals surface area contributed by atoms with Crippen LogP contribution in [-0.4, -0.2) is 28.8 Å². The molecule has 5 nitrogen and oxygen atoms in total. The van der Waals surface area contributed by atoms with Gasteiger partial charge in [0.05, 0.1) is 23.1 Å². The topological polar surface area (TPSA) is 50.2 Å². The van der Waals surface area contributed by atoms with Gasteiger partial charge in [0.25, 0.3) is 5.91 Å². The van der Waals surface area contributed by atoms with Gasteiger partial charge in [-0.1, -0.05) is 38.0 Å². The molecule has 2 aromatic carbocycles. The highest BCUT2D eigenvalue weighted by atomic mass is 16.1. The molecule has 1 aromatic heterocycles. The Kier molecular flexibility index (Phi) is 5.94. The normalized spacial score (nSPS) is 14.4. The second-order valence-electron chi connectivity index (χ2n) is 7.51. The molecule has 5 heteroatoms. The van der Waals surface area contributed by atoms with E-state index in [2.05, 4.69) is 27.4 Å². The number of nitrogens with zero attached hydrogens (tertiary/aromatic N) is 3. The van der Waals surface area contributed by atoms with Crippen molar-refractivity contribution in [2.75, 3.05) is 23.3 Å². The van der Waals surface area contributed by atoms with Crippen LogP contribution < -0.4 is 10.2 Å². The lowest BCUT2D eigenvalue weighted by Crippen LogP contribution is -2.23. The summed E-state index contributed by atoms with van der Waals surface area (Å²) >= 11 is 0. The standard InChI is InChI=1S/C24H28N4O/c1-2-23-22(18-25-28(23)21-10-6-5-7-11-21)24(29)26-19-12-14-20(15-13-19)27-16-8-3-4-9-17-27/h5-7,10-15,18H,2-4,8-9,16-17H2,1H3,(H,26,29). The third-order valence-electron chi connectivity index (χ3n) is 5.55. The summed E-state index contributed by atoms with van der Waals surface area (Å²) < 4.78 is 1.84. The maximum Gasteiger partial charge on any atom is 0.259 e. The monoisotopic (exact) mass is 388 g/mol. The SMILES string of the molecule is CCc1c(C(=O)Nc2ccc(N3CCCCCC3)cc2)cnn1-c1ccccc1. The first-order chi connectivity index (χ1) is 14.3. The Hall–Kier alpha value is -3.08. The van der Waals surface area contributed by atoms with Gasteiger partial charge in [-0.2, -0.15) is 5.10 Å². The van der Waals surface area contributed by atoms with E-state index >= 15 is 0 Å². The third kappa shape index (κ3) is 4.34. The van der Waals surface area contributed by atoms with E-state index in [9.17, 15) is 4.79 Å². The number of hydrogen-bond donors (Lipinski definition) is 1. The van der Waals surface area contributed by atoms with E-state index in [-0.39, 0.29) is 5.91 Å². The molecule has 150 valence electrons. The molecule has 1 fully saturated rings. The fourth-order valence-electron chi connectivity index (χ4n) is 3.98. The predicted molar refractivity (Wildman–Crippen MR) is 118 cm³/mol. The number of aromatic nitrogens is 2. The minimum Gasteiger partial charge on any atom is -0.372 e. The van der Waals surface area contributed by atoms with Crippen LogP contribution in [0.15, 0.2) is 60.8 Å². The van der Waals surface area contributed by atoms with E-state index < -0.39 is 0 Å². The van der Waals surface area contributed by atoms with Crippen LogP contribution in [0.25, 0.3) is 5.69 Å². The van der Waals surface area contributed by atoms with E-state index in [1.165, 1.54) is 31.4 Å². The minimum absolute atomic E-state index is 0.119. The van der Waals surface area contributed by atoms with Crippen LogP contribution in [0.1, 0.15) is 48.7 Å². The zero-order chi connectivity index (χ0) is 20.1. The third-order valence-corrected chi connectivity index (χ3v) is 5.55. The van der Waals surface area contributed by atoms with E-state index in [1.54, 1.807) is 6.20 Å². The molecule has 1 aliphatic heterocycles. The first-order valence-electron chi connectivity index (χ1n) is 10.5. The summed E-state index contributed by atoms with van der Waals surface area (Å²) in [6.45, 7) is 4.28. The number of carbonyl (C=O) groups is 1. The lowest BCUT2D eigenvalue weighted by atomic mass is 10.1. The fourth-order valence-corrected chi connectivity index (χ4v) is 3.98. The van der Waals surface area contributed by atoms with Crippen LogP contribution in [0, 0.1) is 0 Å². The van der Waals surface area contributed by atoms with Crippen LogP contribution in [0.4, 0.5) is 11.4 Å². The van der Waals surface area contributed by atoms with Gasteiger partial charge >= 0.3 is 0 Å².